The molecule has 0 fully saturated rings. The first kappa shape index (κ1) is 17.2. The number of nitrogens with two attached hydrogens (primary N) is 1. The highest BCUT2D eigenvalue weighted by atomic mass is 15.2. The van der Waals surface area contributed by atoms with Crippen LogP contribution in [0, 0.1) is 5.92 Å². The SMILES string of the molecule is CCC(C)CN(CC)C(CN)CC(C)c1ccccc1. The maximum absolute atomic E-state index is 6.05. The lowest BCUT2D eigenvalue weighted by atomic mass is 9.92. The van der Waals surface area contributed by atoms with E-state index in [4.69, 9.17) is 5.73 Å². The quantitative estimate of drug-likeness (QED) is 0.742. The minimum Gasteiger partial charge on any atom is -0.329 e. The van der Waals surface area contributed by atoms with Crippen LogP contribution in [-0.4, -0.2) is 30.6 Å². The fourth-order valence-corrected chi connectivity index (χ4v) is 2.79. The van der Waals surface area contributed by atoms with Crippen LogP contribution < -0.4 is 5.73 Å². The number of hydrogen-bond acceptors (Lipinski definition) is 2. The minimum absolute atomic E-state index is 0.490. The smallest absolute Gasteiger partial charge is 0.0224 e. The van der Waals surface area contributed by atoms with Crippen LogP contribution in [0.4, 0.5) is 0 Å². The molecule has 0 radical (unpaired) electrons. The predicted octanol–water partition coefficient (Wildman–Crippen LogP) is 3.88. The second-order valence-corrected chi connectivity index (χ2v) is 6.04. The van der Waals surface area contributed by atoms with E-state index in [-0.39, 0.29) is 0 Å². The molecule has 0 aliphatic carbocycles. The summed E-state index contributed by atoms with van der Waals surface area (Å²) < 4.78 is 0. The van der Waals surface area contributed by atoms with Crippen LogP contribution in [0.3, 0.4) is 0 Å². The summed E-state index contributed by atoms with van der Waals surface area (Å²) in [5.74, 6) is 1.31. The van der Waals surface area contributed by atoms with Crippen LogP contribution in [0.2, 0.25) is 0 Å². The third-order valence-corrected chi connectivity index (χ3v) is 4.43. The highest BCUT2D eigenvalue weighted by molar-refractivity contribution is 5.18. The van der Waals surface area contributed by atoms with Crippen molar-refractivity contribution in [1.82, 2.24) is 4.90 Å². The largest absolute Gasteiger partial charge is 0.329 e. The fourth-order valence-electron chi connectivity index (χ4n) is 2.79. The van der Waals surface area contributed by atoms with E-state index < -0.39 is 0 Å². The van der Waals surface area contributed by atoms with Crippen molar-refractivity contribution in [2.24, 2.45) is 11.7 Å². The van der Waals surface area contributed by atoms with Gasteiger partial charge in [-0.15, -0.1) is 0 Å². The van der Waals surface area contributed by atoms with E-state index in [2.05, 4.69) is 62.9 Å². The maximum atomic E-state index is 6.05. The van der Waals surface area contributed by atoms with Crippen LogP contribution in [0.5, 0.6) is 0 Å². The van der Waals surface area contributed by atoms with E-state index in [1.807, 2.05) is 0 Å². The number of likely N-dealkylation sites (N-methyl/N-ethyl adjacent to an activating group) is 1. The van der Waals surface area contributed by atoms with Crippen LogP contribution in [0.15, 0.2) is 30.3 Å². The van der Waals surface area contributed by atoms with Gasteiger partial charge in [0.05, 0.1) is 0 Å². The molecule has 1 rings (SSSR count). The average molecular weight is 276 g/mol. The number of nitrogens with zero attached hydrogens (tertiary/aromatic N) is 1. The van der Waals surface area contributed by atoms with Crippen LogP contribution in [0.1, 0.15) is 52.0 Å². The lowest BCUT2D eigenvalue weighted by Crippen LogP contribution is -2.43. The van der Waals surface area contributed by atoms with Gasteiger partial charge in [-0.3, -0.25) is 4.90 Å². The molecule has 3 atom stereocenters. The van der Waals surface area contributed by atoms with Crippen molar-refractivity contribution in [1.29, 1.82) is 0 Å². The summed E-state index contributed by atoms with van der Waals surface area (Å²) in [6.07, 6.45) is 2.38. The number of rotatable bonds is 9. The Morgan fingerprint density at radius 3 is 2.25 bits per heavy atom. The molecule has 2 N–H and O–H groups in total. The Bertz CT molecular complexity index is 350. The van der Waals surface area contributed by atoms with Crippen molar-refractivity contribution in [3.8, 4) is 0 Å². The topological polar surface area (TPSA) is 29.3 Å². The Morgan fingerprint density at radius 1 is 1.10 bits per heavy atom. The summed E-state index contributed by atoms with van der Waals surface area (Å²) in [5, 5.41) is 0. The molecule has 0 aliphatic heterocycles. The highest BCUT2D eigenvalue weighted by Gasteiger charge is 2.20. The van der Waals surface area contributed by atoms with Gasteiger partial charge in [0.15, 0.2) is 0 Å². The summed E-state index contributed by atoms with van der Waals surface area (Å²) in [6.45, 7) is 12.2. The van der Waals surface area contributed by atoms with Crippen molar-refractivity contribution < 1.29 is 0 Å². The molecule has 0 saturated heterocycles. The summed E-state index contributed by atoms with van der Waals surface area (Å²) in [6, 6.07) is 11.3. The molecule has 0 spiro atoms. The Hall–Kier alpha value is -0.860. The number of hydrogen-bond donors (Lipinski definition) is 1. The van der Waals surface area contributed by atoms with Crippen LogP contribution >= 0.6 is 0 Å². The Kier molecular flexibility index (Phi) is 7.86. The molecule has 20 heavy (non-hydrogen) atoms. The first-order chi connectivity index (χ1) is 9.62. The second kappa shape index (κ2) is 9.15. The van der Waals surface area contributed by atoms with Gasteiger partial charge in [0.1, 0.15) is 0 Å². The van der Waals surface area contributed by atoms with Gasteiger partial charge in [0.25, 0.3) is 0 Å². The molecule has 2 heteroatoms. The zero-order chi connectivity index (χ0) is 15.0. The van der Waals surface area contributed by atoms with Crippen LogP contribution in [0.25, 0.3) is 0 Å². The van der Waals surface area contributed by atoms with Gasteiger partial charge in [-0.2, -0.15) is 0 Å². The standard InChI is InChI=1S/C18H32N2/c1-5-15(3)14-20(6-2)18(13-19)12-16(4)17-10-8-7-9-11-17/h7-11,15-16,18H,5-6,12-14,19H2,1-4H3. The molecular formula is C18H32N2. The first-order valence-corrected chi connectivity index (χ1v) is 8.11. The Morgan fingerprint density at radius 2 is 1.75 bits per heavy atom. The van der Waals surface area contributed by atoms with Crippen molar-refractivity contribution in [3.05, 3.63) is 35.9 Å². The molecule has 1 aromatic rings. The maximum Gasteiger partial charge on any atom is 0.0224 e. The molecular weight excluding hydrogens is 244 g/mol. The number of benzene rings is 1. The van der Waals surface area contributed by atoms with E-state index >= 15 is 0 Å². The summed E-state index contributed by atoms with van der Waals surface area (Å²) >= 11 is 0. The highest BCUT2D eigenvalue weighted by Crippen LogP contribution is 2.23. The van der Waals surface area contributed by atoms with E-state index in [0.717, 1.165) is 32.0 Å². The molecule has 0 aliphatic rings. The van der Waals surface area contributed by atoms with E-state index in [0.29, 0.717) is 12.0 Å². The molecule has 0 saturated carbocycles. The second-order valence-electron chi connectivity index (χ2n) is 6.04. The van der Waals surface area contributed by atoms with E-state index in [1.165, 1.54) is 12.0 Å². The van der Waals surface area contributed by atoms with Crippen LogP contribution in [-0.2, 0) is 0 Å². The normalized spacial score (nSPS) is 16.1. The lowest BCUT2D eigenvalue weighted by molar-refractivity contribution is 0.168. The molecule has 0 bridgehead atoms. The summed E-state index contributed by atoms with van der Waals surface area (Å²) in [5.41, 5.74) is 7.47. The zero-order valence-electron chi connectivity index (χ0n) is 13.7. The molecule has 0 aromatic heterocycles. The average Bonchev–Trinajstić information content (AvgIpc) is 2.50. The van der Waals surface area contributed by atoms with E-state index in [1.54, 1.807) is 0 Å². The minimum atomic E-state index is 0.490. The van der Waals surface area contributed by atoms with Gasteiger partial charge >= 0.3 is 0 Å². The fraction of sp³-hybridized carbons (Fsp3) is 0.667. The summed E-state index contributed by atoms with van der Waals surface area (Å²) in [4.78, 5) is 2.56. The van der Waals surface area contributed by atoms with Gasteiger partial charge in [-0.25, -0.2) is 0 Å². The Balaban J connectivity index is 2.64. The van der Waals surface area contributed by atoms with Gasteiger partial charge in [0, 0.05) is 19.1 Å². The van der Waals surface area contributed by atoms with Gasteiger partial charge in [-0.05, 0) is 30.4 Å². The monoisotopic (exact) mass is 276 g/mol. The van der Waals surface area contributed by atoms with Gasteiger partial charge < -0.3 is 5.73 Å². The van der Waals surface area contributed by atoms with Crippen molar-refractivity contribution in [2.75, 3.05) is 19.6 Å². The molecule has 0 heterocycles. The molecule has 114 valence electrons. The summed E-state index contributed by atoms with van der Waals surface area (Å²) in [7, 11) is 0. The van der Waals surface area contributed by atoms with Crippen molar-refractivity contribution in [2.45, 2.75) is 52.5 Å². The molecule has 0 amide bonds. The zero-order valence-corrected chi connectivity index (χ0v) is 13.7. The molecule has 3 unspecified atom stereocenters. The molecule has 2 nitrogen and oxygen atoms in total. The lowest BCUT2D eigenvalue weighted by Gasteiger charge is -2.33. The van der Waals surface area contributed by atoms with Crippen molar-refractivity contribution in [3.63, 3.8) is 0 Å². The van der Waals surface area contributed by atoms with E-state index in [9.17, 15) is 0 Å². The molecule has 1 aromatic carbocycles. The van der Waals surface area contributed by atoms with Crippen molar-refractivity contribution >= 4 is 0 Å². The Labute approximate surface area is 125 Å². The predicted molar refractivity (Wildman–Crippen MR) is 89.0 cm³/mol. The van der Waals surface area contributed by atoms with Gasteiger partial charge in [-0.1, -0.05) is 64.4 Å². The third kappa shape index (κ3) is 5.26. The first-order valence-electron chi connectivity index (χ1n) is 8.11. The third-order valence-electron chi connectivity index (χ3n) is 4.43. The van der Waals surface area contributed by atoms with Gasteiger partial charge in [0.2, 0.25) is 0 Å².